The molecule has 1 unspecified atom stereocenters. The quantitative estimate of drug-likeness (QED) is 0.671. The second-order valence-corrected chi connectivity index (χ2v) is 5.00. The highest BCUT2D eigenvalue weighted by atomic mass is 16.6. The standard InChI is InChI=1S/C14H19N3O3/c1-11(12-4-2-5-13(10-12)17(19)20)14(18)16-8-3-6-15-7-9-16/h2,4-5,10-11,15H,3,6-9H2,1H3. The van der Waals surface area contributed by atoms with Gasteiger partial charge in [0.1, 0.15) is 0 Å². The predicted molar refractivity (Wildman–Crippen MR) is 75.6 cm³/mol. The van der Waals surface area contributed by atoms with Crippen molar-refractivity contribution >= 4 is 11.6 Å². The summed E-state index contributed by atoms with van der Waals surface area (Å²) < 4.78 is 0. The topological polar surface area (TPSA) is 75.5 Å². The molecule has 1 aromatic rings. The van der Waals surface area contributed by atoms with Crippen LogP contribution in [0.3, 0.4) is 0 Å². The number of carbonyl (C=O) groups excluding carboxylic acids is 1. The minimum Gasteiger partial charge on any atom is -0.341 e. The number of benzene rings is 1. The number of amides is 1. The molecule has 1 aliphatic heterocycles. The van der Waals surface area contributed by atoms with Crippen LogP contribution in [0, 0.1) is 10.1 Å². The summed E-state index contributed by atoms with van der Waals surface area (Å²) in [5, 5.41) is 14.0. The normalized spacial score (nSPS) is 17.4. The Kier molecular flexibility index (Phi) is 4.68. The Bertz CT molecular complexity index is 496. The molecule has 1 amide bonds. The van der Waals surface area contributed by atoms with Crippen molar-refractivity contribution in [3.05, 3.63) is 39.9 Å². The molecule has 1 fully saturated rings. The number of nitrogens with zero attached hydrogens (tertiary/aromatic N) is 2. The lowest BCUT2D eigenvalue weighted by molar-refractivity contribution is -0.384. The lowest BCUT2D eigenvalue weighted by atomic mass is 9.99. The van der Waals surface area contributed by atoms with Crippen LogP contribution < -0.4 is 5.32 Å². The van der Waals surface area contributed by atoms with Gasteiger partial charge in [-0.2, -0.15) is 0 Å². The average molecular weight is 277 g/mol. The van der Waals surface area contributed by atoms with E-state index in [9.17, 15) is 14.9 Å². The van der Waals surface area contributed by atoms with Gasteiger partial charge in [-0.25, -0.2) is 0 Å². The summed E-state index contributed by atoms with van der Waals surface area (Å²) in [6.45, 7) is 4.96. The third kappa shape index (κ3) is 3.33. The van der Waals surface area contributed by atoms with Crippen molar-refractivity contribution in [2.24, 2.45) is 0 Å². The van der Waals surface area contributed by atoms with Gasteiger partial charge in [-0.1, -0.05) is 12.1 Å². The smallest absolute Gasteiger partial charge is 0.269 e. The summed E-state index contributed by atoms with van der Waals surface area (Å²) in [5.41, 5.74) is 0.723. The van der Waals surface area contributed by atoms with Gasteiger partial charge in [0.2, 0.25) is 5.91 Å². The van der Waals surface area contributed by atoms with Crippen molar-refractivity contribution in [1.82, 2.24) is 10.2 Å². The van der Waals surface area contributed by atoms with Crippen LogP contribution >= 0.6 is 0 Å². The largest absolute Gasteiger partial charge is 0.341 e. The van der Waals surface area contributed by atoms with Gasteiger partial charge in [-0.05, 0) is 25.5 Å². The van der Waals surface area contributed by atoms with E-state index in [-0.39, 0.29) is 17.5 Å². The number of hydrogen-bond acceptors (Lipinski definition) is 4. The summed E-state index contributed by atoms with van der Waals surface area (Å²) >= 11 is 0. The Morgan fingerprint density at radius 2 is 2.20 bits per heavy atom. The van der Waals surface area contributed by atoms with Gasteiger partial charge in [-0.15, -0.1) is 0 Å². The number of nitro benzene ring substituents is 1. The Morgan fingerprint density at radius 1 is 1.40 bits per heavy atom. The van der Waals surface area contributed by atoms with Crippen LogP contribution in [0.2, 0.25) is 0 Å². The third-order valence-electron chi connectivity index (χ3n) is 3.60. The number of non-ortho nitro benzene ring substituents is 1. The maximum atomic E-state index is 12.5. The first-order chi connectivity index (χ1) is 9.59. The highest BCUT2D eigenvalue weighted by Crippen LogP contribution is 2.22. The molecule has 0 bridgehead atoms. The molecule has 0 aromatic heterocycles. The van der Waals surface area contributed by atoms with Crippen molar-refractivity contribution in [1.29, 1.82) is 0 Å². The lowest BCUT2D eigenvalue weighted by Gasteiger charge is -2.24. The molecule has 1 saturated heterocycles. The lowest BCUT2D eigenvalue weighted by Crippen LogP contribution is -2.36. The van der Waals surface area contributed by atoms with E-state index >= 15 is 0 Å². The van der Waals surface area contributed by atoms with Crippen LogP contribution in [0.5, 0.6) is 0 Å². The first-order valence-electron chi connectivity index (χ1n) is 6.83. The summed E-state index contributed by atoms with van der Waals surface area (Å²) in [4.78, 5) is 24.7. The molecular weight excluding hydrogens is 258 g/mol. The minimum atomic E-state index is -0.434. The molecule has 2 rings (SSSR count). The summed E-state index contributed by atoms with van der Waals surface area (Å²) in [6, 6.07) is 6.32. The van der Waals surface area contributed by atoms with Crippen LogP contribution in [-0.2, 0) is 4.79 Å². The molecule has 0 spiro atoms. The molecule has 1 N–H and O–H groups in total. The van der Waals surface area contributed by atoms with Crippen molar-refractivity contribution in [3.8, 4) is 0 Å². The number of carbonyl (C=O) groups is 1. The Hall–Kier alpha value is -1.95. The fourth-order valence-electron chi connectivity index (χ4n) is 2.39. The molecule has 1 heterocycles. The molecule has 6 heteroatoms. The van der Waals surface area contributed by atoms with Gasteiger partial charge in [0, 0.05) is 31.8 Å². The van der Waals surface area contributed by atoms with E-state index in [0.29, 0.717) is 12.1 Å². The first kappa shape index (κ1) is 14.5. The van der Waals surface area contributed by atoms with Gasteiger partial charge in [-0.3, -0.25) is 14.9 Å². The summed E-state index contributed by atoms with van der Waals surface area (Å²) in [6.07, 6.45) is 0.938. The van der Waals surface area contributed by atoms with Crippen molar-refractivity contribution < 1.29 is 9.72 Å². The monoisotopic (exact) mass is 277 g/mol. The van der Waals surface area contributed by atoms with Crippen molar-refractivity contribution in [3.63, 3.8) is 0 Å². The molecule has 6 nitrogen and oxygen atoms in total. The third-order valence-corrected chi connectivity index (χ3v) is 3.60. The maximum Gasteiger partial charge on any atom is 0.269 e. The Balaban J connectivity index is 2.13. The average Bonchev–Trinajstić information content (AvgIpc) is 2.75. The van der Waals surface area contributed by atoms with E-state index in [0.717, 1.165) is 26.1 Å². The van der Waals surface area contributed by atoms with Gasteiger partial charge in [0.15, 0.2) is 0 Å². The van der Waals surface area contributed by atoms with E-state index in [1.807, 2.05) is 4.90 Å². The Morgan fingerprint density at radius 3 is 2.95 bits per heavy atom. The summed E-state index contributed by atoms with van der Waals surface area (Å²) in [7, 11) is 0. The van der Waals surface area contributed by atoms with Crippen molar-refractivity contribution in [2.75, 3.05) is 26.2 Å². The molecule has 1 atom stereocenters. The molecule has 1 aromatic carbocycles. The highest BCUT2D eigenvalue weighted by Gasteiger charge is 2.23. The van der Waals surface area contributed by atoms with Gasteiger partial charge in [0.05, 0.1) is 10.8 Å². The molecule has 1 aliphatic rings. The maximum absolute atomic E-state index is 12.5. The van der Waals surface area contributed by atoms with Crippen LogP contribution in [0.15, 0.2) is 24.3 Å². The van der Waals surface area contributed by atoms with Crippen LogP contribution in [0.4, 0.5) is 5.69 Å². The molecule has 0 radical (unpaired) electrons. The molecular formula is C14H19N3O3. The molecule has 108 valence electrons. The van der Waals surface area contributed by atoms with Gasteiger partial charge < -0.3 is 10.2 Å². The number of nitrogens with one attached hydrogen (secondary N) is 1. The predicted octanol–water partition coefficient (Wildman–Crippen LogP) is 1.52. The van der Waals surface area contributed by atoms with E-state index in [1.54, 1.807) is 19.1 Å². The second kappa shape index (κ2) is 6.47. The molecule has 20 heavy (non-hydrogen) atoms. The van der Waals surface area contributed by atoms with E-state index in [2.05, 4.69) is 5.32 Å². The fourth-order valence-corrected chi connectivity index (χ4v) is 2.39. The molecule has 0 aliphatic carbocycles. The first-order valence-corrected chi connectivity index (χ1v) is 6.83. The summed E-state index contributed by atoms with van der Waals surface area (Å²) in [5.74, 6) is -0.317. The van der Waals surface area contributed by atoms with Crippen molar-refractivity contribution in [2.45, 2.75) is 19.3 Å². The highest BCUT2D eigenvalue weighted by molar-refractivity contribution is 5.83. The zero-order valence-corrected chi connectivity index (χ0v) is 11.5. The molecule has 0 saturated carbocycles. The second-order valence-electron chi connectivity index (χ2n) is 5.00. The van der Waals surface area contributed by atoms with E-state index in [4.69, 9.17) is 0 Å². The zero-order valence-electron chi connectivity index (χ0n) is 11.5. The van der Waals surface area contributed by atoms with E-state index in [1.165, 1.54) is 12.1 Å². The minimum absolute atomic E-state index is 0.0275. The van der Waals surface area contributed by atoms with Gasteiger partial charge >= 0.3 is 0 Å². The van der Waals surface area contributed by atoms with E-state index < -0.39 is 4.92 Å². The fraction of sp³-hybridized carbons (Fsp3) is 0.500. The Labute approximate surface area is 117 Å². The zero-order chi connectivity index (χ0) is 14.5. The number of nitro groups is 1. The van der Waals surface area contributed by atoms with Crippen LogP contribution in [-0.4, -0.2) is 41.9 Å². The van der Waals surface area contributed by atoms with Crippen LogP contribution in [0.25, 0.3) is 0 Å². The SMILES string of the molecule is CC(C(=O)N1CCCNCC1)c1cccc([N+](=O)[O-])c1. The van der Waals surface area contributed by atoms with Gasteiger partial charge in [0.25, 0.3) is 5.69 Å². The van der Waals surface area contributed by atoms with Crippen LogP contribution in [0.1, 0.15) is 24.8 Å². The number of hydrogen-bond donors (Lipinski definition) is 1. The number of rotatable bonds is 3.